The predicted molar refractivity (Wildman–Crippen MR) is 65.4 cm³/mol. The second-order valence-corrected chi connectivity index (χ2v) is 4.10. The number of rotatable bonds is 6. The first-order chi connectivity index (χ1) is 6.49. The van der Waals surface area contributed by atoms with Crippen LogP contribution in [0, 0.1) is 5.92 Å². The van der Waals surface area contributed by atoms with E-state index >= 15 is 0 Å². The average Bonchev–Trinajstić information content (AvgIpc) is 2.13. The fourth-order valence-electron chi connectivity index (χ4n) is 1.12. The van der Waals surface area contributed by atoms with Gasteiger partial charge in [0.15, 0.2) is 0 Å². The maximum absolute atomic E-state index is 4.04. The molecular weight excluding hydrogens is 170 g/mol. The van der Waals surface area contributed by atoms with Crippen molar-refractivity contribution in [3.63, 3.8) is 0 Å². The van der Waals surface area contributed by atoms with Gasteiger partial charge in [0.1, 0.15) is 0 Å². The Kier molecular flexibility index (Phi) is 6.22. The normalized spacial score (nSPS) is 13.9. The molecule has 1 atom stereocenters. The molecule has 0 spiro atoms. The Hall–Kier alpha value is -0.820. The highest BCUT2D eigenvalue weighted by atomic mass is 15.1. The van der Waals surface area contributed by atoms with Gasteiger partial charge in [-0.25, -0.2) is 0 Å². The molecule has 1 heteroatoms. The Balaban J connectivity index is 4.07. The van der Waals surface area contributed by atoms with E-state index in [0.717, 1.165) is 12.1 Å². The summed E-state index contributed by atoms with van der Waals surface area (Å²) >= 11 is 0. The molecule has 0 rings (SSSR count). The first-order valence-electron chi connectivity index (χ1n) is 5.17. The van der Waals surface area contributed by atoms with E-state index in [9.17, 15) is 0 Å². The topological polar surface area (TPSA) is 3.24 Å². The molecule has 0 heterocycles. The van der Waals surface area contributed by atoms with Crippen LogP contribution in [0.2, 0.25) is 0 Å². The lowest BCUT2D eigenvalue weighted by atomic mass is 10.0. The van der Waals surface area contributed by atoms with Crippen LogP contribution in [0.4, 0.5) is 0 Å². The summed E-state index contributed by atoms with van der Waals surface area (Å²) in [6, 6.07) is 0.591. The Bertz CT molecular complexity index is 213. The molecular formula is C13H23N. The van der Waals surface area contributed by atoms with E-state index in [1.165, 1.54) is 0 Å². The summed E-state index contributed by atoms with van der Waals surface area (Å²) in [5, 5.41) is 0. The van der Waals surface area contributed by atoms with Crippen LogP contribution >= 0.6 is 0 Å². The van der Waals surface area contributed by atoms with Crippen molar-refractivity contribution in [1.29, 1.82) is 0 Å². The third-order valence-corrected chi connectivity index (χ3v) is 2.52. The lowest BCUT2D eigenvalue weighted by Crippen LogP contribution is -2.31. The van der Waals surface area contributed by atoms with Crippen LogP contribution in [0.15, 0.2) is 37.0 Å². The SMILES string of the molecule is C=C/C=C\C(=C)C(C)CN(C)C(C)C. The molecule has 0 aromatic heterocycles. The molecule has 0 aliphatic heterocycles. The van der Waals surface area contributed by atoms with Crippen molar-refractivity contribution in [1.82, 2.24) is 4.90 Å². The van der Waals surface area contributed by atoms with Crippen LogP contribution in [0.3, 0.4) is 0 Å². The van der Waals surface area contributed by atoms with Crippen molar-refractivity contribution >= 4 is 0 Å². The summed E-state index contributed by atoms with van der Waals surface area (Å²) in [6.07, 6.45) is 5.75. The van der Waals surface area contributed by atoms with Crippen LogP contribution in [0.25, 0.3) is 0 Å². The van der Waals surface area contributed by atoms with Gasteiger partial charge >= 0.3 is 0 Å². The van der Waals surface area contributed by atoms with Gasteiger partial charge in [0.2, 0.25) is 0 Å². The van der Waals surface area contributed by atoms with E-state index in [0.29, 0.717) is 12.0 Å². The number of allylic oxidation sites excluding steroid dienone is 3. The molecule has 0 saturated heterocycles. The Morgan fingerprint density at radius 2 is 1.93 bits per heavy atom. The van der Waals surface area contributed by atoms with Crippen molar-refractivity contribution in [2.24, 2.45) is 5.92 Å². The highest BCUT2D eigenvalue weighted by Crippen LogP contribution is 2.12. The van der Waals surface area contributed by atoms with Gasteiger partial charge in [0, 0.05) is 12.6 Å². The molecule has 0 aliphatic carbocycles. The summed E-state index contributed by atoms with van der Waals surface area (Å²) in [5.74, 6) is 0.499. The lowest BCUT2D eigenvalue weighted by Gasteiger charge is -2.25. The minimum absolute atomic E-state index is 0.499. The molecule has 80 valence electrons. The Labute approximate surface area is 88.8 Å². The van der Waals surface area contributed by atoms with Gasteiger partial charge in [0.25, 0.3) is 0 Å². The molecule has 0 saturated carbocycles. The van der Waals surface area contributed by atoms with Crippen LogP contribution < -0.4 is 0 Å². The lowest BCUT2D eigenvalue weighted by molar-refractivity contribution is 0.251. The van der Waals surface area contributed by atoms with Crippen molar-refractivity contribution in [2.75, 3.05) is 13.6 Å². The van der Waals surface area contributed by atoms with Gasteiger partial charge < -0.3 is 4.90 Å². The molecule has 1 nitrogen and oxygen atoms in total. The molecule has 0 aliphatic rings. The Morgan fingerprint density at radius 1 is 1.36 bits per heavy atom. The first kappa shape index (κ1) is 13.2. The van der Waals surface area contributed by atoms with E-state index in [2.05, 4.69) is 45.9 Å². The second-order valence-electron chi connectivity index (χ2n) is 4.10. The quantitative estimate of drug-likeness (QED) is 0.585. The monoisotopic (exact) mass is 193 g/mol. The van der Waals surface area contributed by atoms with Gasteiger partial charge in [-0.05, 0) is 26.8 Å². The second kappa shape index (κ2) is 6.61. The fraction of sp³-hybridized carbons (Fsp3) is 0.538. The number of hydrogen-bond donors (Lipinski definition) is 0. The van der Waals surface area contributed by atoms with Crippen LogP contribution in [0.1, 0.15) is 20.8 Å². The van der Waals surface area contributed by atoms with E-state index in [1.54, 1.807) is 6.08 Å². The Morgan fingerprint density at radius 3 is 2.36 bits per heavy atom. The summed E-state index contributed by atoms with van der Waals surface area (Å²) in [7, 11) is 2.14. The van der Waals surface area contributed by atoms with E-state index in [4.69, 9.17) is 0 Å². The molecule has 0 N–H and O–H groups in total. The van der Waals surface area contributed by atoms with Crippen LogP contribution in [-0.4, -0.2) is 24.5 Å². The highest BCUT2D eigenvalue weighted by molar-refractivity contribution is 5.20. The smallest absolute Gasteiger partial charge is 0.00470 e. The van der Waals surface area contributed by atoms with Gasteiger partial charge in [0.05, 0.1) is 0 Å². The molecule has 0 radical (unpaired) electrons. The largest absolute Gasteiger partial charge is 0.303 e. The summed E-state index contributed by atoms with van der Waals surface area (Å²) in [5.41, 5.74) is 1.16. The zero-order chi connectivity index (χ0) is 11.1. The van der Waals surface area contributed by atoms with Crippen molar-refractivity contribution in [3.8, 4) is 0 Å². The minimum atomic E-state index is 0.499. The van der Waals surface area contributed by atoms with Crippen molar-refractivity contribution in [2.45, 2.75) is 26.8 Å². The zero-order valence-electron chi connectivity index (χ0n) is 9.96. The third kappa shape index (κ3) is 5.03. The summed E-state index contributed by atoms with van der Waals surface area (Å²) in [6.45, 7) is 15.3. The minimum Gasteiger partial charge on any atom is -0.303 e. The van der Waals surface area contributed by atoms with Crippen LogP contribution in [-0.2, 0) is 0 Å². The highest BCUT2D eigenvalue weighted by Gasteiger charge is 2.09. The predicted octanol–water partition coefficient (Wildman–Crippen LogP) is 3.26. The maximum atomic E-state index is 4.04. The summed E-state index contributed by atoms with van der Waals surface area (Å²) in [4.78, 5) is 2.33. The molecule has 0 aromatic carbocycles. The van der Waals surface area contributed by atoms with E-state index in [-0.39, 0.29) is 0 Å². The molecule has 0 amide bonds. The molecule has 1 unspecified atom stereocenters. The first-order valence-corrected chi connectivity index (χ1v) is 5.17. The number of hydrogen-bond acceptors (Lipinski definition) is 1. The fourth-order valence-corrected chi connectivity index (χ4v) is 1.12. The standard InChI is InChI=1S/C13H23N/c1-7-8-9-12(4)13(5)10-14(6)11(2)3/h7-9,11,13H,1,4,10H2,2-3,5-6H3/b9-8-. The third-order valence-electron chi connectivity index (χ3n) is 2.52. The van der Waals surface area contributed by atoms with E-state index < -0.39 is 0 Å². The zero-order valence-corrected chi connectivity index (χ0v) is 9.96. The van der Waals surface area contributed by atoms with E-state index in [1.807, 2.05) is 12.2 Å². The molecule has 14 heavy (non-hydrogen) atoms. The average molecular weight is 193 g/mol. The molecule has 0 bridgehead atoms. The van der Waals surface area contributed by atoms with Crippen molar-refractivity contribution < 1.29 is 0 Å². The maximum Gasteiger partial charge on any atom is 0.00470 e. The van der Waals surface area contributed by atoms with Gasteiger partial charge in [-0.15, -0.1) is 0 Å². The van der Waals surface area contributed by atoms with Gasteiger partial charge in [-0.1, -0.05) is 43.9 Å². The molecule has 0 aromatic rings. The summed E-state index contributed by atoms with van der Waals surface area (Å²) < 4.78 is 0. The number of nitrogens with zero attached hydrogens (tertiary/aromatic N) is 1. The van der Waals surface area contributed by atoms with Gasteiger partial charge in [-0.3, -0.25) is 0 Å². The van der Waals surface area contributed by atoms with Crippen LogP contribution in [0.5, 0.6) is 0 Å². The van der Waals surface area contributed by atoms with Crippen molar-refractivity contribution in [3.05, 3.63) is 37.0 Å². The van der Waals surface area contributed by atoms with Gasteiger partial charge in [-0.2, -0.15) is 0 Å². The molecule has 0 fully saturated rings.